The minimum absolute atomic E-state index is 0.00231. The Bertz CT molecular complexity index is 1050. The van der Waals surface area contributed by atoms with Crippen molar-refractivity contribution in [2.24, 2.45) is 0 Å². The first kappa shape index (κ1) is 21.4. The molecule has 160 valence electrons. The smallest absolute Gasteiger partial charge is 0.306 e. The summed E-state index contributed by atoms with van der Waals surface area (Å²) in [5.41, 5.74) is 5.91. The third-order valence-corrected chi connectivity index (χ3v) is 4.59. The van der Waals surface area contributed by atoms with Crippen LogP contribution in [-0.2, 0) is 20.7 Å². The number of esters is 1. The van der Waals surface area contributed by atoms with E-state index in [1.165, 1.54) is 7.11 Å². The summed E-state index contributed by atoms with van der Waals surface area (Å²) in [5.74, 6) is -0.622. The zero-order valence-corrected chi connectivity index (χ0v) is 16.3. The minimum atomic E-state index is -1.57. The summed E-state index contributed by atoms with van der Waals surface area (Å²) in [6, 6.07) is 9.48. The number of H-pyrrole nitrogens is 1. The topological polar surface area (TPSA) is 166 Å². The van der Waals surface area contributed by atoms with Crippen LogP contribution in [0.15, 0.2) is 41.5 Å². The van der Waals surface area contributed by atoms with Crippen LogP contribution < -0.4 is 11.3 Å². The zero-order chi connectivity index (χ0) is 21.7. The number of ether oxygens (including phenoxy) is 2. The molecule has 0 aliphatic heterocycles. The van der Waals surface area contributed by atoms with Crippen LogP contribution in [0, 0.1) is 0 Å². The molecule has 11 heteroatoms. The second-order valence-electron chi connectivity index (χ2n) is 6.62. The van der Waals surface area contributed by atoms with Crippen LogP contribution in [0.5, 0.6) is 0 Å². The molecule has 0 saturated carbocycles. The van der Waals surface area contributed by atoms with Crippen molar-refractivity contribution in [3.05, 3.63) is 52.6 Å². The third kappa shape index (κ3) is 4.82. The molecule has 0 amide bonds. The van der Waals surface area contributed by atoms with Crippen molar-refractivity contribution in [2.75, 3.05) is 19.5 Å². The van der Waals surface area contributed by atoms with Crippen molar-refractivity contribution in [3.8, 4) is 0 Å². The van der Waals surface area contributed by atoms with E-state index in [0.717, 1.165) is 16.5 Å². The molecule has 2 unspecified atom stereocenters. The summed E-state index contributed by atoms with van der Waals surface area (Å²) in [6.07, 6.45) is -2.27. The molecule has 0 bridgehead atoms. The Labute approximate surface area is 171 Å². The molecule has 2 aromatic heterocycles. The minimum Gasteiger partial charge on any atom is -0.463 e. The summed E-state index contributed by atoms with van der Waals surface area (Å²) in [6.45, 7) is -0.273. The van der Waals surface area contributed by atoms with Crippen LogP contribution >= 0.6 is 0 Å². The van der Waals surface area contributed by atoms with E-state index in [0.29, 0.717) is 6.42 Å². The van der Waals surface area contributed by atoms with Gasteiger partial charge in [0, 0.05) is 13.5 Å². The summed E-state index contributed by atoms with van der Waals surface area (Å²) in [7, 11) is 1.31. The maximum Gasteiger partial charge on any atom is 0.306 e. The van der Waals surface area contributed by atoms with Gasteiger partial charge in [0.2, 0.25) is 5.95 Å². The van der Waals surface area contributed by atoms with Crippen LogP contribution in [0.4, 0.5) is 5.95 Å². The lowest BCUT2D eigenvalue weighted by Gasteiger charge is -2.26. The molecule has 0 fully saturated rings. The molecule has 11 nitrogen and oxygen atoms in total. The molecule has 0 aliphatic carbocycles. The average molecular weight is 417 g/mol. The Morgan fingerprint density at radius 1 is 1.30 bits per heavy atom. The molecular weight excluding hydrogens is 394 g/mol. The Kier molecular flexibility index (Phi) is 6.77. The molecular formula is C19H23N5O6. The zero-order valence-electron chi connectivity index (χ0n) is 16.3. The number of aromatic amines is 1. The van der Waals surface area contributed by atoms with E-state index in [1.54, 1.807) is 0 Å². The summed E-state index contributed by atoms with van der Waals surface area (Å²) in [4.78, 5) is 34.0. The van der Waals surface area contributed by atoms with Gasteiger partial charge < -0.3 is 25.4 Å². The van der Waals surface area contributed by atoms with E-state index in [4.69, 9.17) is 15.2 Å². The molecule has 3 aromatic rings. The number of nitrogens with one attached hydrogen (secondary N) is 1. The summed E-state index contributed by atoms with van der Waals surface area (Å²) in [5, 5.41) is 21.0. The van der Waals surface area contributed by atoms with Gasteiger partial charge in [-0.2, -0.15) is 4.98 Å². The van der Waals surface area contributed by atoms with Gasteiger partial charge in [0.05, 0.1) is 6.33 Å². The molecule has 5 N–H and O–H groups in total. The van der Waals surface area contributed by atoms with Gasteiger partial charge in [-0.3, -0.25) is 19.1 Å². The summed E-state index contributed by atoms with van der Waals surface area (Å²) >= 11 is 0. The van der Waals surface area contributed by atoms with Crippen molar-refractivity contribution < 1.29 is 24.5 Å². The number of nitrogens with zero attached hydrogens (tertiary/aromatic N) is 3. The number of carbonyl (C=O) groups is 1. The highest BCUT2D eigenvalue weighted by Crippen LogP contribution is 2.19. The van der Waals surface area contributed by atoms with E-state index in [-0.39, 0.29) is 30.1 Å². The number of carbonyl (C=O) groups excluding carboxylic acids is 1. The van der Waals surface area contributed by atoms with Gasteiger partial charge in [0.1, 0.15) is 18.8 Å². The highest BCUT2D eigenvalue weighted by atomic mass is 16.6. The lowest BCUT2D eigenvalue weighted by Crippen LogP contribution is -2.40. The number of aryl methyl sites for hydroxylation is 1. The SMILES string of the molecule is COC(COC(=O)CCc1ccccc1)[C@@H](O)C(O)n1cnc2c(=O)[nH]c(N)nc21. The van der Waals surface area contributed by atoms with Crippen molar-refractivity contribution in [3.63, 3.8) is 0 Å². The van der Waals surface area contributed by atoms with Gasteiger partial charge in [-0.25, -0.2) is 4.98 Å². The first-order valence-corrected chi connectivity index (χ1v) is 9.21. The molecule has 3 rings (SSSR count). The van der Waals surface area contributed by atoms with Crippen molar-refractivity contribution in [1.82, 2.24) is 19.5 Å². The number of imidazole rings is 1. The summed E-state index contributed by atoms with van der Waals surface area (Å²) < 4.78 is 11.4. The molecule has 0 spiro atoms. The predicted octanol–water partition coefficient (Wildman–Crippen LogP) is -0.255. The van der Waals surface area contributed by atoms with Crippen molar-refractivity contribution >= 4 is 23.1 Å². The number of aliphatic hydroxyl groups excluding tert-OH is 2. The Morgan fingerprint density at radius 3 is 2.73 bits per heavy atom. The number of nitrogen functional groups attached to an aromatic ring is 1. The number of aromatic nitrogens is 4. The first-order valence-electron chi connectivity index (χ1n) is 9.21. The molecule has 0 radical (unpaired) electrons. The maximum atomic E-state index is 12.0. The fourth-order valence-corrected chi connectivity index (χ4v) is 2.94. The molecule has 2 heterocycles. The Balaban J connectivity index is 1.62. The van der Waals surface area contributed by atoms with Gasteiger partial charge in [0.25, 0.3) is 5.56 Å². The lowest BCUT2D eigenvalue weighted by molar-refractivity contribution is -0.157. The van der Waals surface area contributed by atoms with Gasteiger partial charge in [-0.1, -0.05) is 30.3 Å². The number of aliphatic hydroxyl groups is 2. The number of nitrogens with two attached hydrogens (primary N) is 1. The van der Waals surface area contributed by atoms with E-state index in [2.05, 4.69) is 15.0 Å². The highest BCUT2D eigenvalue weighted by molar-refractivity contribution is 5.70. The lowest BCUT2D eigenvalue weighted by atomic mass is 10.1. The van der Waals surface area contributed by atoms with Crippen LogP contribution in [-0.4, -0.2) is 61.6 Å². The number of hydrogen-bond donors (Lipinski definition) is 4. The number of hydrogen-bond acceptors (Lipinski definition) is 9. The molecule has 3 atom stereocenters. The van der Waals surface area contributed by atoms with Crippen LogP contribution in [0.2, 0.25) is 0 Å². The van der Waals surface area contributed by atoms with Crippen LogP contribution in [0.3, 0.4) is 0 Å². The van der Waals surface area contributed by atoms with Gasteiger partial charge >= 0.3 is 5.97 Å². The fourth-order valence-electron chi connectivity index (χ4n) is 2.94. The number of fused-ring (bicyclic) bond motifs is 1. The van der Waals surface area contributed by atoms with E-state index >= 15 is 0 Å². The largest absolute Gasteiger partial charge is 0.463 e. The highest BCUT2D eigenvalue weighted by Gasteiger charge is 2.30. The van der Waals surface area contributed by atoms with E-state index in [1.807, 2.05) is 30.3 Å². The third-order valence-electron chi connectivity index (χ3n) is 4.59. The Hall–Kier alpha value is -3.28. The molecule has 0 saturated heterocycles. The number of benzene rings is 1. The molecule has 1 aromatic carbocycles. The van der Waals surface area contributed by atoms with Gasteiger partial charge in [0.15, 0.2) is 17.4 Å². The van der Waals surface area contributed by atoms with Crippen molar-refractivity contribution in [1.29, 1.82) is 0 Å². The normalized spacial score (nSPS) is 14.4. The first-order chi connectivity index (χ1) is 14.4. The van der Waals surface area contributed by atoms with Crippen molar-refractivity contribution in [2.45, 2.75) is 31.3 Å². The second-order valence-corrected chi connectivity index (χ2v) is 6.62. The average Bonchev–Trinajstić information content (AvgIpc) is 3.16. The van der Waals surface area contributed by atoms with E-state index < -0.39 is 30.0 Å². The predicted molar refractivity (Wildman–Crippen MR) is 106 cm³/mol. The second kappa shape index (κ2) is 9.48. The number of methoxy groups -OCH3 is 1. The van der Waals surface area contributed by atoms with Gasteiger partial charge in [-0.15, -0.1) is 0 Å². The Morgan fingerprint density at radius 2 is 2.03 bits per heavy atom. The van der Waals surface area contributed by atoms with Crippen LogP contribution in [0.1, 0.15) is 18.2 Å². The standard InChI is InChI=1S/C19H23N5O6/c1-29-12(9-30-13(25)8-7-11-5-3-2-4-6-11)15(26)18(28)24-10-21-14-16(24)22-19(20)23-17(14)27/h2-6,10,12,15,18,26,28H,7-9H2,1H3,(H3,20,22,23,27)/t12?,15-,18?/m1/s1. The van der Waals surface area contributed by atoms with E-state index in [9.17, 15) is 19.8 Å². The monoisotopic (exact) mass is 417 g/mol. The van der Waals surface area contributed by atoms with Gasteiger partial charge in [-0.05, 0) is 12.0 Å². The number of rotatable bonds is 9. The fraction of sp³-hybridized carbons (Fsp3) is 0.368. The maximum absolute atomic E-state index is 12.0. The quantitative estimate of drug-likeness (QED) is 0.343. The van der Waals surface area contributed by atoms with Crippen LogP contribution in [0.25, 0.3) is 11.2 Å². The molecule has 0 aliphatic rings. The molecule has 30 heavy (non-hydrogen) atoms. The number of anilines is 1.